The topological polar surface area (TPSA) is 149 Å². The van der Waals surface area contributed by atoms with E-state index in [-0.39, 0.29) is 23.8 Å². The van der Waals surface area contributed by atoms with Gasteiger partial charge in [0.05, 0.1) is 21.5 Å². The normalized spacial score (nSPS) is 14.8. The lowest BCUT2D eigenvalue weighted by atomic mass is 9.84. The van der Waals surface area contributed by atoms with Crippen LogP contribution in [0.5, 0.6) is 17.4 Å². The van der Waals surface area contributed by atoms with Crippen molar-refractivity contribution >= 4 is 28.3 Å². The van der Waals surface area contributed by atoms with Gasteiger partial charge in [0.2, 0.25) is 11.8 Å². The maximum absolute atomic E-state index is 10.8. The standard InChI is InChI=1S/C22H18IN5O5/c1-11-18-19(15(9-24)21(25)33-22(18)27-26-11)13-7-16(23)20(17(8-13)31-2)32-10-12-3-5-14(6-4-12)28(29)30/h3-8,19H,10,25H2,1-2H3,(H,26,27). The highest BCUT2D eigenvalue weighted by Gasteiger charge is 2.35. The van der Waals surface area contributed by atoms with E-state index in [2.05, 4.69) is 38.9 Å². The zero-order valence-electron chi connectivity index (χ0n) is 17.6. The largest absolute Gasteiger partial charge is 0.493 e. The van der Waals surface area contributed by atoms with Gasteiger partial charge in [0, 0.05) is 23.4 Å². The van der Waals surface area contributed by atoms with E-state index in [0.29, 0.717) is 17.4 Å². The molecule has 11 heteroatoms. The van der Waals surface area contributed by atoms with Gasteiger partial charge in [0.1, 0.15) is 18.2 Å². The minimum atomic E-state index is -0.483. The minimum absolute atomic E-state index is 0.00831. The van der Waals surface area contributed by atoms with Gasteiger partial charge in [-0.3, -0.25) is 15.2 Å². The highest BCUT2D eigenvalue weighted by molar-refractivity contribution is 14.1. The Bertz CT molecular complexity index is 1310. The number of methoxy groups -OCH3 is 1. The van der Waals surface area contributed by atoms with Crippen molar-refractivity contribution in [1.82, 2.24) is 10.2 Å². The summed E-state index contributed by atoms with van der Waals surface area (Å²) in [4.78, 5) is 10.4. The molecule has 2 aromatic carbocycles. The lowest BCUT2D eigenvalue weighted by Crippen LogP contribution is -2.21. The molecule has 0 saturated heterocycles. The monoisotopic (exact) mass is 559 g/mol. The number of fused-ring (bicyclic) bond motifs is 1. The Morgan fingerprint density at radius 3 is 2.73 bits per heavy atom. The molecule has 3 aromatic rings. The molecule has 4 rings (SSSR count). The second kappa shape index (κ2) is 8.99. The molecule has 3 N–H and O–H groups in total. The number of aromatic nitrogens is 2. The van der Waals surface area contributed by atoms with Crippen LogP contribution in [0.15, 0.2) is 47.9 Å². The number of benzene rings is 2. The number of nitriles is 1. The van der Waals surface area contributed by atoms with E-state index in [1.54, 1.807) is 18.2 Å². The molecule has 0 aliphatic carbocycles. The predicted molar refractivity (Wildman–Crippen MR) is 126 cm³/mol. The fourth-order valence-electron chi connectivity index (χ4n) is 3.65. The van der Waals surface area contributed by atoms with Crippen LogP contribution in [0.4, 0.5) is 5.69 Å². The number of nitrogens with two attached hydrogens (primary N) is 1. The first-order chi connectivity index (χ1) is 15.8. The second-order valence-corrected chi connectivity index (χ2v) is 8.40. The fourth-order valence-corrected chi connectivity index (χ4v) is 4.43. The average molecular weight is 559 g/mol. The van der Waals surface area contributed by atoms with Gasteiger partial charge >= 0.3 is 0 Å². The Balaban J connectivity index is 1.69. The summed E-state index contributed by atoms with van der Waals surface area (Å²) in [5.74, 6) is 0.856. The molecule has 1 aromatic heterocycles. The summed E-state index contributed by atoms with van der Waals surface area (Å²) in [5.41, 5.74) is 9.34. The summed E-state index contributed by atoms with van der Waals surface area (Å²) < 4.78 is 17.9. The Morgan fingerprint density at radius 2 is 2.09 bits per heavy atom. The van der Waals surface area contributed by atoms with Crippen molar-refractivity contribution in [2.24, 2.45) is 5.73 Å². The molecule has 33 heavy (non-hydrogen) atoms. The second-order valence-electron chi connectivity index (χ2n) is 7.24. The molecule has 0 amide bonds. The van der Waals surface area contributed by atoms with E-state index >= 15 is 0 Å². The number of hydrogen-bond acceptors (Lipinski definition) is 8. The van der Waals surface area contributed by atoms with Crippen molar-refractivity contribution in [2.45, 2.75) is 19.4 Å². The van der Waals surface area contributed by atoms with Gasteiger partial charge in [0.15, 0.2) is 11.5 Å². The number of non-ortho nitro benzene ring substituents is 1. The molecule has 1 atom stereocenters. The van der Waals surface area contributed by atoms with Crippen LogP contribution in [0.1, 0.15) is 28.3 Å². The number of ether oxygens (including phenoxy) is 3. The first-order valence-electron chi connectivity index (χ1n) is 9.70. The molecule has 2 heterocycles. The number of H-pyrrole nitrogens is 1. The van der Waals surface area contributed by atoms with E-state index in [4.69, 9.17) is 19.9 Å². The summed E-state index contributed by atoms with van der Waals surface area (Å²) in [6.45, 7) is 2.05. The van der Waals surface area contributed by atoms with Crippen LogP contribution in [-0.2, 0) is 6.61 Å². The molecular weight excluding hydrogens is 541 g/mol. The summed E-state index contributed by atoms with van der Waals surface area (Å²) in [7, 11) is 1.53. The molecule has 0 radical (unpaired) electrons. The summed E-state index contributed by atoms with van der Waals surface area (Å²) >= 11 is 2.14. The number of nitro groups is 1. The molecule has 10 nitrogen and oxygen atoms in total. The Morgan fingerprint density at radius 1 is 1.36 bits per heavy atom. The van der Waals surface area contributed by atoms with Gasteiger partial charge in [-0.1, -0.05) is 0 Å². The molecule has 1 aliphatic heterocycles. The van der Waals surface area contributed by atoms with Crippen LogP contribution < -0.4 is 19.9 Å². The minimum Gasteiger partial charge on any atom is -0.493 e. The maximum Gasteiger partial charge on any atom is 0.269 e. The van der Waals surface area contributed by atoms with Crippen LogP contribution in [0, 0.1) is 31.9 Å². The van der Waals surface area contributed by atoms with Crippen LogP contribution in [0.3, 0.4) is 0 Å². The van der Waals surface area contributed by atoms with E-state index in [1.807, 2.05) is 13.0 Å². The molecule has 0 spiro atoms. The number of allylic oxidation sites excluding steroid dienone is 1. The van der Waals surface area contributed by atoms with Crippen molar-refractivity contribution < 1.29 is 19.1 Å². The van der Waals surface area contributed by atoms with Crippen molar-refractivity contribution in [3.05, 3.63) is 83.9 Å². The van der Waals surface area contributed by atoms with Crippen LogP contribution >= 0.6 is 22.6 Å². The molecule has 1 aliphatic rings. The van der Waals surface area contributed by atoms with Gasteiger partial charge in [0.25, 0.3) is 5.69 Å². The third kappa shape index (κ3) is 4.17. The van der Waals surface area contributed by atoms with Crippen molar-refractivity contribution in [1.29, 1.82) is 5.26 Å². The van der Waals surface area contributed by atoms with Crippen LogP contribution in [-0.4, -0.2) is 22.2 Å². The Kier molecular flexibility index (Phi) is 6.10. The Labute approximate surface area is 202 Å². The zero-order valence-corrected chi connectivity index (χ0v) is 19.7. The fraction of sp³-hybridized carbons (Fsp3) is 0.182. The van der Waals surface area contributed by atoms with Gasteiger partial charge in [-0.25, -0.2) is 0 Å². The number of rotatable bonds is 6. The summed E-state index contributed by atoms with van der Waals surface area (Å²) in [6.07, 6.45) is 0. The average Bonchev–Trinajstić information content (AvgIpc) is 3.16. The van der Waals surface area contributed by atoms with Gasteiger partial charge in [-0.2, -0.15) is 5.26 Å². The SMILES string of the molecule is COc1cc(C2C(C#N)=C(N)Oc3n[nH]c(C)c32)cc(I)c1OCc1ccc([N+](=O)[O-])cc1. The van der Waals surface area contributed by atoms with Crippen molar-refractivity contribution in [2.75, 3.05) is 7.11 Å². The first-order valence-corrected chi connectivity index (χ1v) is 10.8. The highest BCUT2D eigenvalue weighted by Crippen LogP contribution is 2.45. The quantitative estimate of drug-likeness (QED) is 0.261. The number of nitro benzene ring substituents is 1. The lowest BCUT2D eigenvalue weighted by molar-refractivity contribution is -0.384. The predicted octanol–water partition coefficient (Wildman–Crippen LogP) is 4.04. The van der Waals surface area contributed by atoms with E-state index in [0.717, 1.165) is 26.0 Å². The summed E-state index contributed by atoms with van der Waals surface area (Å²) in [5, 5.41) is 27.6. The molecule has 0 bridgehead atoms. The molecule has 168 valence electrons. The number of hydrogen-bond donors (Lipinski definition) is 2. The van der Waals surface area contributed by atoms with E-state index < -0.39 is 10.8 Å². The van der Waals surface area contributed by atoms with Crippen molar-refractivity contribution in [3.63, 3.8) is 0 Å². The summed E-state index contributed by atoms with van der Waals surface area (Å²) in [6, 6.07) is 12.0. The number of halogens is 1. The van der Waals surface area contributed by atoms with Gasteiger partial charge in [-0.15, -0.1) is 5.10 Å². The highest BCUT2D eigenvalue weighted by atomic mass is 127. The van der Waals surface area contributed by atoms with Crippen molar-refractivity contribution in [3.8, 4) is 23.4 Å². The lowest BCUT2D eigenvalue weighted by Gasteiger charge is -2.25. The van der Waals surface area contributed by atoms with E-state index in [1.165, 1.54) is 19.2 Å². The number of nitrogens with one attached hydrogen (secondary N) is 1. The van der Waals surface area contributed by atoms with E-state index in [9.17, 15) is 15.4 Å². The van der Waals surface area contributed by atoms with Crippen LogP contribution in [0.25, 0.3) is 0 Å². The molecule has 0 fully saturated rings. The zero-order chi connectivity index (χ0) is 23.7. The third-order valence-corrected chi connectivity index (χ3v) is 6.05. The smallest absolute Gasteiger partial charge is 0.269 e. The van der Waals surface area contributed by atoms with Gasteiger partial charge < -0.3 is 19.9 Å². The van der Waals surface area contributed by atoms with Gasteiger partial charge in [-0.05, 0) is 64.9 Å². The third-order valence-electron chi connectivity index (χ3n) is 5.24. The molecule has 1 unspecified atom stereocenters. The number of aromatic amines is 1. The maximum atomic E-state index is 10.8. The number of aryl methyl sites for hydroxylation is 1. The Hall–Kier alpha value is -3.79. The van der Waals surface area contributed by atoms with Crippen LogP contribution in [0.2, 0.25) is 0 Å². The molecular formula is C22H18IN5O5. The molecule has 0 saturated carbocycles. The first kappa shape index (κ1) is 22.4. The number of nitrogens with zero attached hydrogens (tertiary/aromatic N) is 3.